The monoisotopic (exact) mass is 448 g/mol. The Balaban J connectivity index is 2.14. The number of halogens is 1. The second kappa shape index (κ2) is 9.52. The van der Waals surface area contributed by atoms with Crippen molar-refractivity contribution in [2.24, 2.45) is 17.7 Å². The summed E-state index contributed by atoms with van der Waals surface area (Å²) >= 11 is 0. The van der Waals surface area contributed by atoms with Crippen LogP contribution in [0.25, 0.3) is 10.8 Å². The molecule has 2 atom stereocenters. The van der Waals surface area contributed by atoms with Crippen molar-refractivity contribution in [3.63, 3.8) is 0 Å². The number of nitrogens with zero attached hydrogens (tertiary/aromatic N) is 3. The summed E-state index contributed by atoms with van der Waals surface area (Å²) in [6.45, 7) is 2.83. The lowest BCUT2D eigenvalue weighted by atomic mass is 9.90. The van der Waals surface area contributed by atoms with Gasteiger partial charge in [0, 0.05) is 18.0 Å². The summed E-state index contributed by atoms with van der Waals surface area (Å²) < 4.78 is 41.7. The van der Waals surface area contributed by atoms with Gasteiger partial charge in [-0.15, -0.1) is 5.10 Å². The predicted octanol–water partition coefficient (Wildman–Crippen LogP) is 2.47. The first kappa shape index (κ1) is 22.8. The first-order chi connectivity index (χ1) is 14.8. The molecule has 1 aromatic heterocycles. The van der Waals surface area contributed by atoms with Crippen molar-refractivity contribution in [1.82, 2.24) is 15.0 Å². The van der Waals surface area contributed by atoms with E-state index in [9.17, 15) is 17.6 Å². The number of carbonyl (C=O) groups excluding carboxylic acids is 1. The molecule has 0 aliphatic heterocycles. The number of sulfone groups is 1. The maximum Gasteiger partial charge on any atom is 0.329 e. The third-order valence-electron chi connectivity index (χ3n) is 5.27. The van der Waals surface area contributed by atoms with E-state index in [0.29, 0.717) is 11.1 Å². The van der Waals surface area contributed by atoms with E-state index in [1.54, 1.807) is 32.0 Å². The Morgan fingerprint density at radius 2 is 1.90 bits per heavy atom. The van der Waals surface area contributed by atoms with Crippen molar-refractivity contribution in [3.05, 3.63) is 54.4 Å². The predicted molar refractivity (Wildman–Crippen MR) is 113 cm³/mol. The van der Waals surface area contributed by atoms with Crippen molar-refractivity contribution in [3.8, 4) is 0 Å². The van der Waals surface area contributed by atoms with E-state index in [2.05, 4.69) is 15.1 Å². The van der Waals surface area contributed by atoms with Crippen molar-refractivity contribution >= 4 is 26.6 Å². The highest BCUT2D eigenvalue weighted by Crippen LogP contribution is 2.33. The van der Waals surface area contributed by atoms with Gasteiger partial charge >= 0.3 is 5.97 Å². The summed E-state index contributed by atoms with van der Waals surface area (Å²) in [7, 11) is -4.04. The molecular weight excluding hydrogens is 423 g/mol. The standard InChI is InChI=1S/C21H25FN4O4S/c1-14(2)20(21(27)30-23)19(12-16-13-26(11-10-22)25-24-16)31(28,29)18-9-5-7-15-6-3-4-8-17(15)18/h3-9,13-14,19-20H,10-12,23H2,1-2H3/t19?,20-/m0/s1. The Morgan fingerprint density at radius 1 is 1.19 bits per heavy atom. The van der Waals surface area contributed by atoms with Gasteiger partial charge in [0.1, 0.15) is 6.67 Å². The Morgan fingerprint density at radius 3 is 2.58 bits per heavy atom. The molecule has 0 bridgehead atoms. The molecule has 8 nitrogen and oxygen atoms in total. The zero-order chi connectivity index (χ0) is 22.6. The van der Waals surface area contributed by atoms with E-state index < -0.39 is 33.6 Å². The highest BCUT2D eigenvalue weighted by atomic mass is 32.2. The molecule has 166 valence electrons. The van der Waals surface area contributed by atoms with E-state index in [1.807, 2.05) is 18.2 Å². The fourth-order valence-electron chi connectivity index (χ4n) is 3.80. The topological polar surface area (TPSA) is 117 Å². The van der Waals surface area contributed by atoms with Crippen LogP contribution in [0.15, 0.2) is 53.6 Å². The summed E-state index contributed by atoms with van der Waals surface area (Å²) in [6.07, 6.45) is 1.38. The second-order valence-corrected chi connectivity index (χ2v) is 9.77. The zero-order valence-electron chi connectivity index (χ0n) is 17.3. The molecule has 31 heavy (non-hydrogen) atoms. The van der Waals surface area contributed by atoms with Gasteiger partial charge in [-0.3, -0.25) is 4.79 Å². The van der Waals surface area contributed by atoms with Crippen LogP contribution in [0.2, 0.25) is 0 Å². The zero-order valence-corrected chi connectivity index (χ0v) is 18.1. The average Bonchev–Trinajstić information content (AvgIpc) is 3.19. The lowest BCUT2D eigenvalue weighted by molar-refractivity contribution is -0.150. The van der Waals surface area contributed by atoms with Crippen molar-refractivity contribution in [2.45, 2.75) is 37.0 Å². The van der Waals surface area contributed by atoms with Crippen LogP contribution in [-0.2, 0) is 32.4 Å². The van der Waals surface area contributed by atoms with Crippen LogP contribution in [0.1, 0.15) is 19.5 Å². The van der Waals surface area contributed by atoms with Crippen LogP contribution in [0.4, 0.5) is 4.39 Å². The van der Waals surface area contributed by atoms with E-state index >= 15 is 0 Å². The molecule has 2 N–H and O–H groups in total. The molecule has 3 rings (SSSR count). The van der Waals surface area contributed by atoms with E-state index in [4.69, 9.17) is 5.90 Å². The number of rotatable bonds is 9. The molecule has 10 heteroatoms. The van der Waals surface area contributed by atoms with Gasteiger partial charge in [-0.05, 0) is 17.4 Å². The number of aryl methyl sites for hydroxylation is 1. The largest absolute Gasteiger partial charge is 0.373 e. The molecule has 0 saturated heterocycles. The van der Waals surface area contributed by atoms with Gasteiger partial charge in [-0.1, -0.05) is 55.5 Å². The second-order valence-electron chi connectivity index (χ2n) is 7.63. The number of fused-ring (bicyclic) bond motifs is 1. The molecule has 0 fully saturated rings. The summed E-state index contributed by atoms with van der Waals surface area (Å²) in [5.41, 5.74) is 0.331. The molecule has 0 saturated carbocycles. The fourth-order valence-corrected chi connectivity index (χ4v) is 6.09. The minimum atomic E-state index is -4.04. The number of benzene rings is 2. The third kappa shape index (κ3) is 4.75. The number of carbonyl (C=O) groups is 1. The number of aromatic nitrogens is 3. The van der Waals surface area contributed by atoms with Gasteiger partial charge < -0.3 is 4.84 Å². The van der Waals surface area contributed by atoms with Crippen LogP contribution >= 0.6 is 0 Å². The molecule has 1 heterocycles. The summed E-state index contributed by atoms with van der Waals surface area (Å²) in [5, 5.41) is 7.91. The summed E-state index contributed by atoms with van der Waals surface area (Å²) in [5.74, 6) is 2.90. The van der Waals surface area contributed by atoms with Crippen LogP contribution in [0.5, 0.6) is 0 Å². The Bertz CT molecular complexity index is 1160. The van der Waals surface area contributed by atoms with Gasteiger partial charge in [0.2, 0.25) is 0 Å². The minimum absolute atomic E-state index is 0.00614. The lowest BCUT2D eigenvalue weighted by Crippen LogP contribution is -2.41. The van der Waals surface area contributed by atoms with Crippen LogP contribution < -0.4 is 5.90 Å². The van der Waals surface area contributed by atoms with Gasteiger partial charge in [-0.2, -0.15) is 5.90 Å². The molecule has 2 aromatic carbocycles. The maximum absolute atomic E-state index is 13.9. The Hall–Kier alpha value is -2.85. The molecule has 0 aliphatic carbocycles. The van der Waals surface area contributed by atoms with Crippen molar-refractivity contribution in [2.75, 3.05) is 6.67 Å². The molecular formula is C21H25FN4O4S. The van der Waals surface area contributed by atoms with E-state index in [1.165, 1.54) is 16.9 Å². The minimum Gasteiger partial charge on any atom is -0.373 e. The van der Waals surface area contributed by atoms with Crippen molar-refractivity contribution < 1.29 is 22.4 Å². The van der Waals surface area contributed by atoms with E-state index in [0.717, 1.165) is 5.39 Å². The number of alkyl halides is 1. The molecule has 0 radical (unpaired) electrons. The first-order valence-electron chi connectivity index (χ1n) is 9.86. The third-order valence-corrected chi connectivity index (χ3v) is 7.50. The quantitative estimate of drug-likeness (QED) is 0.500. The normalized spacial score (nSPS) is 14.0. The molecule has 0 aliphatic rings. The SMILES string of the molecule is CC(C)[C@H](C(=O)ON)C(Cc1cn(CCF)nn1)S(=O)(=O)c1cccc2ccccc12. The highest BCUT2D eigenvalue weighted by molar-refractivity contribution is 7.92. The van der Waals surface area contributed by atoms with Crippen LogP contribution in [0.3, 0.4) is 0 Å². The van der Waals surface area contributed by atoms with Crippen molar-refractivity contribution in [1.29, 1.82) is 0 Å². The molecule has 1 unspecified atom stereocenters. The van der Waals surface area contributed by atoms with Crippen LogP contribution in [-0.4, -0.2) is 41.3 Å². The van der Waals surface area contributed by atoms with Gasteiger partial charge in [-0.25, -0.2) is 17.5 Å². The average molecular weight is 449 g/mol. The first-order valence-corrected chi connectivity index (χ1v) is 11.4. The smallest absolute Gasteiger partial charge is 0.329 e. The number of nitrogens with two attached hydrogens (primary N) is 1. The molecule has 3 aromatic rings. The van der Waals surface area contributed by atoms with Gasteiger partial charge in [0.15, 0.2) is 9.84 Å². The molecule has 0 spiro atoms. The number of hydrogen-bond donors (Lipinski definition) is 1. The van der Waals surface area contributed by atoms with Gasteiger partial charge in [0.25, 0.3) is 0 Å². The van der Waals surface area contributed by atoms with Crippen LogP contribution in [0, 0.1) is 11.8 Å². The Labute approximate surface area is 180 Å². The highest BCUT2D eigenvalue weighted by Gasteiger charge is 2.42. The lowest BCUT2D eigenvalue weighted by Gasteiger charge is -2.27. The summed E-state index contributed by atoms with van der Waals surface area (Å²) in [4.78, 5) is 17.1. The summed E-state index contributed by atoms with van der Waals surface area (Å²) in [6, 6.07) is 12.1. The molecule has 0 amide bonds. The Kier molecular flexibility index (Phi) is 7.01. The van der Waals surface area contributed by atoms with Gasteiger partial charge in [0.05, 0.1) is 28.3 Å². The number of hydrogen-bond acceptors (Lipinski definition) is 7. The van der Waals surface area contributed by atoms with E-state index in [-0.39, 0.29) is 23.8 Å². The maximum atomic E-state index is 13.9. The fraction of sp³-hybridized carbons (Fsp3) is 0.381.